The van der Waals surface area contributed by atoms with Gasteiger partial charge >= 0.3 is 0 Å². The average Bonchev–Trinajstić information content (AvgIpc) is 2.60. The van der Waals surface area contributed by atoms with Crippen molar-refractivity contribution in [2.75, 3.05) is 19.5 Å². The lowest BCUT2D eigenvalue weighted by atomic mass is 10.1. The van der Waals surface area contributed by atoms with Crippen LogP contribution >= 0.6 is 11.8 Å². The van der Waals surface area contributed by atoms with Crippen LogP contribution in [0.4, 0.5) is 0 Å². The van der Waals surface area contributed by atoms with Gasteiger partial charge in [0.15, 0.2) is 16.7 Å². The van der Waals surface area contributed by atoms with Gasteiger partial charge in [-0.3, -0.25) is 4.79 Å². The van der Waals surface area contributed by atoms with Crippen LogP contribution in [0.25, 0.3) is 11.3 Å². The van der Waals surface area contributed by atoms with Crippen molar-refractivity contribution in [1.82, 2.24) is 9.97 Å². The van der Waals surface area contributed by atoms with Crippen molar-refractivity contribution >= 4 is 11.8 Å². The molecule has 7 heteroatoms. The highest BCUT2D eigenvalue weighted by atomic mass is 32.2. The van der Waals surface area contributed by atoms with E-state index in [0.29, 0.717) is 47.0 Å². The number of hydrogen-bond donors (Lipinski definition) is 1. The van der Waals surface area contributed by atoms with Crippen LogP contribution in [-0.4, -0.2) is 29.4 Å². The second-order valence-electron chi connectivity index (χ2n) is 5.71. The lowest BCUT2D eigenvalue weighted by molar-refractivity contribution is 0.248. The lowest BCUT2D eigenvalue weighted by Gasteiger charge is -2.15. The SMILES string of the molecule is CCOc1cc(-c2nc(SC)[nH]c(=O)c2C#N)ccc1OCC(C)C. The van der Waals surface area contributed by atoms with Crippen molar-refractivity contribution in [3.8, 4) is 28.8 Å². The van der Waals surface area contributed by atoms with E-state index in [0.717, 1.165) is 0 Å². The molecule has 0 fully saturated rings. The molecule has 0 aliphatic rings. The van der Waals surface area contributed by atoms with Crippen molar-refractivity contribution in [2.24, 2.45) is 5.92 Å². The number of thioether (sulfide) groups is 1. The van der Waals surface area contributed by atoms with Crippen LogP contribution in [0.5, 0.6) is 11.5 Å². The van der Waals surface area contributed by atoms with Crippen LogP contribution < -0.4 is 15.0 Å². The molecular weight excluding hydrogens is 338 g/mol. The summed E-state index contributed by atoms with van der Waals surface area (Å²) in [6.07, 6.45) is 1.81. The number of aromatic nitrogens is 2. The number of nitrogens with zero attached hydrogens (tertiary/aromatic N) is 2. The van der Waals surface area contributed by atoms with E-state index < -0.39 is 5.56 Å². The molecule has 0 atom stereocenters. The molecule has 0 aliphatic carbocycles. The van der Waals surface area contributed by atoms with Crippen LogP contribution in [0.3, 0.4) is 0 Å². The number of rotatable bonds is 7. The van der Waals surface area contributed by atoms with Crippen molar-refractivity contribution in [1.29, 1.82) is 5.26 Å². The first-order valence-corrected chi connectivity index (χ1v) is 9.21. The Labute approximate surface area is 151 Å². The first kappa shape index (κ1) is 18.9. The fourth-order valence-electron chi connectivity index (χ4n) is 2.16. The van der Waals surface area contributed by atoms with E-state index in [1.807, 2.05) is 19.2 Å². The van der Waals surface area contributed by atoms with Crippen molar-refractivity contribution in [3.63, 3.8) is 0 Å². The molecule has 0 amide bonds. The van der Waals surface area contributed by atoms with E-state index in [-0.39, 0.29) is 5.56 Å². The Bertz CT molecular complexity index is 840. The standard InChI is InChI=1S/C18H21N3O3S/c1-5-23-15-8-12(6-7-14(15)24-10-11(2)3)16-13(9-19)17(22)21-18(20-16)25-4/h6-8,11H,5,10H2,1-4H3,(H,20,21,22). The van der Waals surface area contributed by atoms with Gasteiger partial charge in [0.05, 0.1) is 18.9 Å². The minimum atomic E-state index is -0.449. The zero-order valence-corrected chi connectivity index (χ0v) is 15.6. The molecule has 0 saturated carbocycles. The maximum absolute atomic E-state index is 12.1. The number of H-pyrrole nitrogens is 1. The van der Waals surface area contributed by atoms with Crippen LogP contribution in [0.15, 0.2) is 28.2 Å². The molecule has 0 saturated heterocycles. The normalized spacial score (nSPS) is 10.6. The first-order chi connectivity index (χ1) is 12.0. The molecule has 6 nitrogen and oxygen atoms in total. The van der Waals surface area contributed by atoms with Crippen molar-refractivity contribution in [2.45, 2.75) is 25.9 Å². The second kappa shape index (κ2) is 8.58. The molecule has 25 heavy (non-hydrogen) atoms. The fraction of sp³-hybridized carbons (Fsp3) is 0.389. The molecule has 0 radical (unpaired) electrons. The first-order valence-electron chi connectivity index (χ1n) is 7.98. The van der Waals surface area contributed by atoms with E-state index in [1.165, 1.54) is 11.8 Å². The quantitative estimate of drug-likeness (QED) is 0.601. The summed E-state index contributed by atoms with van der Waals surface area (Å²) in [6.45, 7) is 7.07. The zero-order valence-electron chi connectivity index (χ0n) is 14.8. The van der Waals surface area contributed by atoms with Crippen molar-refractivity contribution < 1.29 is 9.47 Å². The topological polar surface area (TPSA) is 88.0 Å². The molecule has 0 spiro atoms. The molecule has 1 aromatic heterocycles. The fourth-order valence-corrected chi connectivity index (χ4v) is 2.54. The van der Waals surface area contributed by atoms with Gasteiger partial charge < -0.3 is 14.5 Å². The maximum atomic E-state index is 12.1. The van der Waals surface area contributed by atoms with Gasteiger partial charge in [-0.2, -0.15) is 5.26 Å². The van der Waals surface area contributed by atoms with Crippen LogP contribution in [0.2, 0.25) is 0 Å². The molecule has 2 aromatic rings. The average molecular weight is 359 g/mol. The third-order valence-electron chi connectivity index (χ3n) is 3.29. The molecule has 1 aromatic carbocycles. The summed E-state index contributed by atoms with van der Waals surface area (Å²) >= 11 is 1.31. The highest BCUT2D eigenvalue weighted by molar-refractivity contribution is 7.98. The monoisotopic (exact) mass is 359 g/mol. The minimum absolute atomic E-state index is 0.0175. The van der Waals surface area contributed by atoms with Gasteiger partial charge in [-0.1, -0.05) is 25.6 Å². The molecule has 1 heterocycles. The van der Waals surface area contributed by atoms with E-state index in [9.17, 15) is 10.1 Å². The molecule has 1 N–H and O–H groups in total. The predicted octanol–water partition coefficient (Wildman–Crippen LogP) is 3.46. The minimum Gasteiger partial charge on any atom is -0.490 e. The van der Waals surface area contributed by atoms with E-state index in [4.69, 9.17) is 9.47 Å². The largest absolute Gasteiger partial charge is 0.490 e. The summed E-state index contributed by atoms with van der Waals surface area (Å²) in [5.41, 5.74) is 0.510. The summed E-state index contributed by atoms with van der Waals surface area (Å²) in [4.78, 5) is 19.1. The van der Waals surface area contributed by atoms with E-state index >= 15 is 0 Å². The number of nitriles is 1. The van der Waals surface area contributed by atoms with Gasteiger partial charge in [0.25, 0.3) is 5.56 Å². The van der Waals surface area contributed by atoms with Gasteiger partial charge in [-0.25, -0.2) is 4.98 Å². The lowest BCUT2D eigenvalue weighted by Crippen LogP contribution is -2.14. The van der Waals surface area contributed by atoms with Crippen LogP contribution in [0, 0.1) is 17.2 Å². The van der Waals surface area contributed by atoms with Gasteiger partial charge in [-0.05, 0) is 37.3 Å². The second-order valence-corrected chi connectivity index (χ2v) is 6.50. The Kier molecular flexibility index (Phi) is 6.48. The Morgan fingerprint density at radius 3 is 2.68 bits per heavy atom. The highest BCUT2D eigenvalue weighted by Gasteiger charge is 2.16. The summed E-state index contributed by atoms with van der Waals surface area (Å²) in [5, 5.41) is 9.78. The number of hydrogen-bond acceptors (Lipinski definition) is 6. The third-order valence-corrected chi connectivity index (χ3v) is 3.87. The summed E-state index contributed by atoms with van der Waals surface area (Å²) < 4.78 is 11.4. The Hall–Kier alpha value is -2.46. The summed E-state index contributed by atoms with van der Waals surface area (Å²) in [7, 11) is 0. The Morgan fingerprint density at radius 1 is 1.32 bits per heavy atom. The summed E-state index contributed by atoms with van der Waals surface area (Å²) in [5.74, 6) is 1.59. The van der Waals surface area contributed by atoms with Gasteiger partial charge in [0.2, 0.25) is 0 Å². The molecule has 0 unspecified atom stereocenters. The number of ether oxygens (including phenoxy) is 2. The van der Waals surface area contributed by atoms with E-state index in [1.54, 1.807) is 18.2 Å². The number of aromatic amines is 1. The third kappa shape index (κ3) is 4.54. The van der Waals surface area contributed by atoms with Gasteiger partial charge in [-0.15, -0.1) is 0 Å². The summed E-state index contributed by atoms with van der Waals surface area (Å²) in [6, 6.07) is 7.25. The van der Waals surface area contributed by atoms with Crippen molar-refractivity contribution in [3.05, 3.63) is 34.1 Å². The zero-order chi connectivity index (χ0) is 18.4. The van der Waals surface area contributed by atoms with Gasteiger partial charge in [0, 0.05) is 5.56 Å². The van der Waals surface area contributed by atoms with Crippen LogP contribution in [-0.2, 0) is 0 Å². The van der Waals surface area contributed by atoms with E-state index in [2.05, 4.69) is 23.8 Å². The predicted molar refractivity (Wildman–Crippen MR) is 98.3 cm³/mol. The van der Waals surface area contributed by atoms with Gasteiger partial charge in [0.1, 0.15) is 11.6 Å². The molecule has 0 aliphatic heterocycles. The molecular formula is C18H21N3O3S. The molecule has 132 valence electrons. The van der Waals surface area contributed by atoms with Crippen LogP contribution in [0.1, 0.15) is 26.3 Å². The maximum Gasteiger partial charge on any atom is 0.270 e. The smallest absolute Gasteiger partial charge is 0.270 e. The number of benzene rings is 1. The highest BCUT2D eigenvalue weighted by Crippen LogP contribution is 2.33. The molecule has 0 bridgehead atoms. The Balaban J connectivity index is 2.53. The number of nitrogens with one attached hydrogen (secondary N) is 1. The molecule has 2 rings (SSSR count). The Morgan fingerprint density at radius 2 is 2.08 bits per heavy atom.